The molecule has 0 aliphatic carbocycles. The standard InChI is InChI=1S/C10H6BrNOS/c11-9-8(6-13)14-12-10(9)7-4-2-1-3-5-7/h1-6H. The minimum Gasteiger partial charge on any atom is -0.297 e. The van der Waals surface area contributed by atoms with Crippen LogP contribution in [0.2, 0.25) is 0 Å². The van der Waals surface area contributed by atoms with Gasteiger partial charge in [-0.25, -0.2) is 0 Å². The van der Waals surface area contributed by atoms with E-state index in [2.05, 4.69) is 20.3 Å². The van der Waals surface area contributed by atoms with E-state index in [1.165, 1.54) is 11.5 Å². The second kappa shape index (κ2) is 4.02. The maximum atomic E-state index is 10.6. The largest absolute Gasteiger partial charge is 0.297 e. The first kappa shape index (κ1) is 9.55. The van der Waals surface area contributed by atoms with Gasteiger partial charge in [0.25, 0.3) is 0 Å². The second-order valence-electron chi connectivity index (χ2n) is 2.69. The summed E-state index contributed by atoms with van der Waals surface area (Å²) < 4.78 is 5.00. The van der Waals surface area contributed by atoms with Crippen LogP contribution in [0.15, 0.2) is 34.8 Å². The number of rotatable bonds is 2. The van der Waals surface area contributed by atoms with Crippen molar-refractivity contribution in [3.63, 3.8) is 0 Å². The van der Waals surface area contributed by atoms with Crippen LogP contribution in [0.25, 0.3) is 11.3 Å². The molecule has 2 aromatic rings. The van der Waals surface area contributed by atoms with E-state index in [9.17, 15) is 4.79 Å². The van der Waals surface area contributed by atoms with Crippen molar-refractivity contribution in [2.75, 3.05) is 0 Å². The highest BCUT2D eigenvalue weighted by molar-refractivity contribution is 9.10. The predicted molar refractivity (Wildman–Crippen MR) is 60.6 cm³/mol. The summed E-state index contributed by atoms with van der Waals surface area (Å²) in [5.41, 5.74) is 1.85. The van der Waals surface area contributed by atoms with Crippen LogP contribution in [0.1, 0.15) is 9.67 Å². The van der Waals surface area contributed by atoms with E-state index in [0.29, 0.717) is 4.88 Å². The molecule has 0 atom stereocenters. The highest BCUT2D eigenvalue weighted by Crippen LogP contribution is 2.31. The molecular formula is C10H6BrNOS. The smallest absolute Gasteiger partial charge is 0.162 e. The van der Waals surface area contributed by atoms with E-state index >= 15 is 0 Å². The monoisotopic (exact) mass is 267 g/mol. The van der Waals surface area contributed by atoms with Crippen LogP contribution in [0.3, 0.4) is 0 Å². The molecule has 0 unspecified atom stereocenters. The molecule has 0 N–H and O–H groups in total. The van der Waals surface area contributed by atoms with E-state index in [0.717, 1.165) is 22.0 Å². The van der Waals surface area contributed by atoms with Crippen molar-refractivity contribution < 1.29 is 4.79 Å². The van der Waals surface area contributed by atoms with Gasteiger partial charge in [0.05, 0.1) is 10.2 Å². The minimum atomic E-state index is 0.629. The molecule has 0 amide bonds. The molecule has 0 radical (unpaired) electrons. The fourth-order valence-electron chi connectivity index (χ4n) is 1.14. The first-order valence-electron chi connectivity index (χ1n) is 3.98. The average Bonchev–Trinajstić information content (AvgIpc) is 2.61. The second-order valence-corrected chi connectivity index (χ2v) is 4.29. The third-order valence-electron chi connectivity index (χ3n) is 1.81. The molecule has 0 spiro atoms. The van der Waals surface area contributed by atoms with Crippen LogP contribution in [-0.4, -0.2) is 10.7 Å². The Kier molecular flexibility index (Phi) is 2.74. The van der Waals surface area contributed by atoms with Crippen molar-refractivity contribution in [2.45, 2.75) is 0 Å². The van der Waals surface area contributed by atoms with Gasteiger partial charge in [0.1, 0.15) is 4.88 Å². The van der Waals surface area contributed by atoms with Crippen LogP contribution in [0, 0.1) is 0 Å². The van der Waals surface area contributed by atoms with Gasteiger partial charge in [0.15, 0.2) is 6.29 Å². The van der Waals surface area contributed by atoms with E-state index in [-0.39, 0.29) is 0 Å². The average molecular weight is 268 g/mol. The zero-order chi connectivity index (χ0) is 9.97. The van der Waals surface area contributed by atoms with Crippen LogP contribution in [-0.2, 0) is 0 Å². The zero-order valence-corrected chi connectivity index (χ0v) is 9.51. The molecule has 70 valence electrons. The van der Waals surface area contributed by atoms with Crippen molar-refractivity contribution in [3.8, 4) is 11.3 Å². The minimum absolute atomic E-state index is 0.629. The predicted octanol–water partition coefficient (Wildman–Crippen LogP) is 3.39. The fourth-order valence-corrected chi connectivity index (χ4v) is 2.49. The van der Waals surface area contributed by atoms with Gasteiger partial charge in [-0.1, -0.05) is 30.3 Å². The summed E-state index contributed by atoms with van der Waals surface area (Å²) >= 11 is 4.57. The molecule has 2 rings (SSSR count). The van der Waals surface area contributed by atoms with Gasteiger partial charge in [-0.3, -0.25) is 4.79 Å². The summed E-state index contributed by atoms with van der Waals surface area (Å²) in [5, 5.41) is 0. The third kappa shape index (κ3) is 1.63. The van der Waals surface area contributed by atoms with Gasteiger partial charge >= 0.3 is 0 Å². The normalized spacial score (nSPS) is 10.1. The lowest BCUT2D eigenvalue weighted by atomic mass is 10.1. The molecule has 0 saturated heterocycles. The SMILES string of the molecule is O=Cc1snc(-c2ccccc2)c1Br. The maximum absolute atomic E-state index is 10.6. The highest BCUT2D eigenvalue weighted by Gasteiger charge is 2.11. The van der Waals surface area contributed by atoms with Crippen molar-refractivity contribution in [1.29, 1.82) is 0 Å². The molecular weight excluding hydrogens is 262 g/mol. The molecule has 0 aliphatic rings. The number of hydrogen-bond acceptors (Lipinski definition) is 3. The third-order valence-corrected chi connectivity index (χ3v) is 3.65. The Morgan fingerprint density at radius 2 is 2.00 bits per heavy atom. The summed E-state index contributed by atoms with van der Waals surface area (Å²) in [6, 6.07) is 9.77. The Hall–Kier alpha value is -1.00. The van der Waals surface area contributed by atoms with Gasteiger partial charge in [0, 0.05) is 5.56 Å². The molecule has 14 heavy (non-hydrogen) atoms. The first-order chi connectivity index (χ1) is 6.83. The van der Waals surface area contributed by atoms with Crippen LogP contribution in [0.4, 0.5) is 0 Å². The summed E-state index contributed by atoms with van der Waals surface area (Å²) in [5.74, 6) is 0. The lowest BCUT2D eigenvalue weighted by Crippen LogP contribution is -1.78. The van der Waals surface area contributed by atoms with Crippen LogP contribution >= 0.6 is 27.5 Å². The molecule has 0 saturated carbocycles. The Bertz CT molecular complexity index is 452. The lowest BCUT2D eigenvalue weighted by Gasteiger charge is -1.95. The Labute approximate surface area is 93.9 Å². The topological polar surface area (TPSA) is 30.0 Å². The lowest BCUT2D eigenvalue weighted by molar-refractivity contribution is 0.112. The van der Waals surface area contributed by atoms with E-state index in [4.69, 9.17) is 0 Å². The van der Waals surface area contributed by atoms with Gasteiger partial charge in [0.2, 0.25) is 0 Å². The molecule has 1 heterocycles. The van der Waals surface area contributed by atoms with Crippen molar-refractivity contribution in [1.82, 2.24) is 4.37 Å². The molecule has 4 heteroatoms. The highest BCUT2D eigenvalue weighted by atomic mass is 79.9. The first-order valence-corrected chi connectivity index (χ1v) is 5.55. The Morgan fingerprint density at radius 3 is 2.57 bits per heavy atom. The van der Waals surface area contributed by atoms with Gasteiger partial charge in [-0.15, -0.1) is 0 Å². The summed E-state index contributed by atoms with van der Waals surface area (Å²) in [7, 11) is 0. The van der Waals surface area contributed by atoms with Crippen molar-refractivity contribution >= 4 is 33.7 Å². The van der Waals surface area contributed by atoms with Gasteiger partial charge in [-0.05, 0) is 27.5 Å². The van der Waals surface area contributed by atoms with Crippen molar-refractivity contribution in [3.05, 3.63) is 39.7 Å². The summed E-state index contributed by atoms with van der Waals surface area (Å²) in [6.07, 6.45) is 0.814. The van der Waals surface area contributed by atoms with E-state index in [1.807, 2.05) is 30.3 Å². The molecule has 0 bridgehead atoms. The van der Waals surface area contributed by atoms with E-state index in [1.54, 1.807) is 0 Å². The van der Waals surface area contributed by atoms with Crippen LogP contribution in [0.5, 0.6) is 0 Å². The fraction of sp³-hybridized carbons (Fsp3) is 0. The van der Waals surface area contributed by atoms with Crippen LogP contribution < -0.4 is 0 Å². The van der Waals surface area contributed by atoms with Crippen molar-refractivity contribution in [2.24, 2.45) is 0 Å². The molecule has 0 aliphatic heterocycles. The maximum Gasteiger partial charge on any atom is 0.162 e. The Morgan fingerprint density at radius 1 is 1.29 bits per heavy atom. The molecule has 2 nitrogen and oxygen atoms in total. The Balaban J connectivity index is 2.53. The molecule has 1 aromatic carbocycles. The summed E-state index contributed by atoms with van der Waals surface area (Å²) in [4.78, 5) is 11.2. The summed E-state index contributed by atoms with van der Waals surface area (Å²) in [6.45, 7) is 0. The number of aldehydes is 1. The number of hydrogen-bond donors (Lipinski definition) is 0. The number of halogens is 1. The van der Waals surface area contributed by atoms with Gasteiger partial charge in [-0.2, -0.15) is 4.37 Å². The number of carbonyl (C=O) groups is 1. The zero-order valence-electron chi connectivity index (χ0n) is 7.11. The molecule has 1 aromatic heterocycles. The van der Waals surface area contributed by atoms with Gasteiger partial charge < -0.3 is 0 Å². The number of benzene rings is 1. The number of nitrogens with zero attached hydrogens (tertiary/aromatic N) is 1. The van der Waals surface area contributed by atoms with E-state index < -0.39 is 0 Å². The quantitative estimate of drug-likeness (QED) is 0.781. The molecule has 0 fully saturated rings. The number of aromatic nitrogens is 1. The number of carbonyl (C=O) groups excluding carboxylic acids is 1.